The largest absolute Gasteiger partial charge is 0.493 e. The molecule has 1 aromatic carbocycles. The monoisotopic (exact) mass is 278 g/mol. The first-order valence-electron chi connectivity index (χ1n) is 7.65. The number of ether oxygens (including phenoxy) is 2. The van der Waals surface area contributed by atoms with Crippen molar-refractivity contribution in [3.05, 3.63) is 29.3 Å². The molecule has 0 saturated heterocycles. The third-order valence-electron chi connectivity index (χ3n) is 4.34. The molecular formula is C17H26O3. The molecule has 3 heteroatoms. The van der Waals surface area contributed by atoms with E-state index in [-0.39, 0.29) is 0 Å². The molecule has 0 spiro atoms. The van der Waals surface area contributed by atoms with Gasteiger partial charge in [0.2, 0.25) is 0 Å². The minimum atomic E-state index is -0.436. The van der Waals surface area contributed by atoms with Gasteiger partial charge in [-0.3, -0.25) is 0 Å². The van der Waals surface area contributed by atoms with Crippen molar-refractivity contribution in [2.45, 2.75) is 58.2 Å². The lowest BCUT2D eigenvalue weighted by Crippen LogP contribution is -2.41. The first-order chi connectivity index (χ1) is 9.59. The molecule has 1 aliphatic heterocycles. The van der Waals surface area contributed by atoms with Crippen molar-refractivity contribution in [2.75, 3.05) is 13.2 Å². The molecule has 0 radical (unpaired) electrons. The van der Waals surface area contributed by atoms with Crippen molar-refractivity contribution in [1.82, 2.24) is 0 Å². The Morgan fingerprint density at radius 3 is 2.90 bits per heavy atom. The Bertz CT molecular complexity index is 444. The minimum absolute atomic E-state index is 0.433. The predicted octanol–water partition coefficient (Wildman–Crippen LogP) is 3.12. The maximum absolute atomic E-state index is 10.4. The highest BCUT2D eigenvalue weighted by atomic mass is 16.5. The topological polar surface area (TPSA) is 38.7 Å². The van der Waals surface area contributed by atoms with Crippen molar-refractivity contribution in [3.8, 4) is 5.75 Å². The summed E-state index contributed by atoms with van der Waals surface area (Å²) in [6.45, 7) is 7.46. The minimum Gasteiger partial charge on any atom is -0.493 e. The van der Waals surface area contributed by atoms with Crippen molar-refractivity contribution in [2.24, 2.45) is 0 Å². The van der Waals surface area contributed by atoms with Gasteiger partial charge in [0.05, 0.1) is 18.3 Å². The van der Waals surface area contributed by atoms with Crippen LogP contribution in [0.15, 0.2) is 18.2 Å². The van der Waals surface area contributed by atoms with Crippen LogP contribution in [0.3, 0.4) is 0 Å². The molecule has 0 saturated carbocycles. The van der Waals surface area contributed by atoms with Crippen LogP contribution >= 0.6 is 0 Å². The van der Waals surface area contributed by atoms with E-state index in [1.165, 1.54) is 11.1 Å². The number of aryl methyl sites for hydroxylation is 1. The molecule has 1 aliphatic rings. The Labute approximate surface area is 121 Å². The molecule has 3 nitrogen and oxygen atoms in total. The highest BCUT2D eigenvalue weighted by Gasteiger charge is 2.31. The van der Waals surface area contributed by atoms with Gasteiger partial charge in [-0.2, -0.15) is 0 Å². The second-order valence-corrected chi connectivity index (χ2v) is 5.69. The molecule has 0 amide bonds. The van der Waals surface area contributed by atoms with Gasteiger partial charge in [0.25, 0.3) is 0 Å². The van der Waals surface area contributed by atoms with Gasteiger partial charge in [-0.1, -0.05) is 19.1 Å². The van der Waals surface area contributed by atoms with E-state index in [1.54, 1.807) is 0 Å². The van der Waals surface area contributed by atoms with E-state index in [2.05, 4.69) is 19.1 Å². The van der Waals surface area contributed by atoms with Crippen LogP contribution < -0.4 is 4.74 Å². The molecule has 2 atom stereocenters. The van der Waals surface area contributed by atoms with Crippen molar-refractivity contribution < 1.29 is 14.6 Å². The van der Waals surface area contributed by atoms with Crippen molar-refractivity contribution in [1.29, 1.82) is 0 Å². The fourth-order valence-electron chi connectivity index (χ4n) is 2.77. The highest BCUT2D eigenvalue weighted by molar-refractivity contribution is 5.39. The number of aliphatic hydroxyl groups is 1. The van der Waals surface area contributed by atoms with Gasteiger partial charge in [0, 0.05) is 13.0 Å². The number of aliphatic hydroxyl groups excluding tert-OH is 1. The fraction of sp³-hybridized carbons (Fsp3) is 0.647. The van der Waals surface area contributed by atoms with Crippen LogP contribution in [-0.2, 0) is 17.6 Å². The molecule has 0 aromatic heterocycles. The summed E-state index contributed by atoms with van der Waals surface area (Å²) < 4.78 is 11.2. The molecule has 112 valence electrons. The van der Waals surface area contributed by atoms with E-state index >= 15 is 0 Å². The van der Waals surface area contributed by atoms with Crippen LogP contribution in [0.25, 0.3) is 0 Å². The van der Waals surface area contributed by atoms with Crippen LogP contribution in [0.4, 0.5) is 0 Å². The average molecular weight is 278 g/mol. The molecular weight excluding hydrogens is 252 g/mol. The lowest BCUT2D eigenvalue weighted by molar-refractivity contribution is -0.112. The maximum Gasteiger partial charge on any atom is 0.122 e. The number of benzene rings is 1. The zero-order valence-corrected chi connectivity index (χ0v) is 12.8. The van der Waals surface area contributed by atoms with E-state index in [0.717, 1.165) is 38.0 Å². The highest BCUT2D eigenvalue weighted by Crippen LogP contribution is 2.28. The van der Waals surface area contributed by atoms with E-state index in [9.17, 15) is 5.11 Å². The summed E-state index contributed by atoms with van der Waals surface area (Å²) >= 11 is 0. The Hall–Kier alpha value is -1.06. The maximum atomic E-state index is 10.4. The number of hydrogen-bond donors (Lipinski definition) is 1. The van der Waals surface area contributed by atoms with Crippen LogP contribution in [-0.4, -0.2) is 30.0 Å². The molecule has 0 bridgehead atoms. The summed E-state index contributed by atoms with van der Waals surface area (Å²) in [7, 11) is 0. The summed E-state index contributed by atoms with van der Waals surface area (Å²) in [6.07, 6.45) is 2.98. The Morgan fingerprint density at radius 2 is 2.20 bits per heavy atom. The predicted molar refractivity (Wildman–Crippen MR) is 80.3 cm³/mol. The molecule has 2 rings (SSSR count). The van der Waals surface area contributed by atoms with Crippen LogP contribution in [0.2, 0.25) is 0 Å². The van der Waals surface area contributed by atoms with Gasteiger partial charge in [0.15, 0.2) is 0 Å². The van der Waals surface area contributed by atoms with E-state index < -0.39 is 11.7 Å². The summed E-state index contributed by atoms with van der Waals surface area (Å²) in [4.78, 5) is 0. The van der Waals surface area contributed by atoms with Gasteiger partial charge in [-0.25, -0.2) is 0 Å². The third-order valence-corrected chi connectivity index (χ3v) is 4.34. The summed E-state index contributed by atoms with van der Waals surface area (Å²) in [5.74, 6) is 1.02. The first kappa shape index (κ1) is 15.3. The van der Waals surface area contributed by atoms with Gasteiger partial charge in [0.1, 0.15) is 5.75 Å². The lowest BCUT2D eigenvalue weighted by Gasteiger charge is -2.33. The van der Waals surface area contributed by atoms with E-state index in [1.807, 2.05) is 19.9 Å². The first-order valence-corrected chi connectivity index (χ1v) is 7.65. The van der Waals surface area contributed by atoms with Crippen molar-refractivity contribution in [3.63, 3.8) is 0 Å². The summed E-state index contributed by atoms with van der Waals surface area (Å²) in [5.41, 5.74) is 2.12. The average Bonchev–Trinajstić information content (AvgIpc) is 2.92. The zero-order valence-electron chi connectivity index (χ0n) is 12.8. The molecule has 0 aliphatic carbocycles. The number of fused-ring (bicyclic) bond motifs is 1. The van der Waals surface area contributed by atoms with Gasteiger partial charge in [-0.15, -0.1) is 0 Å². The molecule has 0 fully saturated rings. The molecule has 2 unspecified atom stereocenters. The standard InChI is InChI=1S/C17H26O3/c1-4-17(3,20-5-2)16(18)9-7-13-6-8-15-14(12-13)10-11-19-15/h6,8,12,16,18H,4-5,7,9-11H2,1-3H3. The van der Waals surface area contributed by atoms with Crippen LogP contribution in [0, 0.1) is 0 Å². The number of hydrogen-bond acceptors (Lipinski definition) is 3. The Balaban J connectivity index is 1.94. The number of rotatable bonds is 7. The van der Waals surface area contributed by atoms with Gasteiger partial charge < -0.3 is 14.6 Å². The smallest absolute Gasteiger partial charge is 0.122 e. The van der Waals surface area contributed by atoms with E-state index in [0.29, 0.717) is 6.61 Å². The normalized spacial score (nSPS) is 18.2. The zero-order chi connectivity index (χ0) is 14.6. The molecule has 1 aromatic rings. The Morgan fingerprint density at radius 1 is 1.40 bits per heavy atom. The SMILES string of the molecule is CCOC(C)(CC)C(O)CCc1ccc2c(c1)CCO2. The lowest BCUT2D eigenvalue weighted by atomic mass is 9.90. The molecule has 20 heavy (non-hydrogen) atoms. The van der Waals surface area contributed by atoms with Crippen LogP contribution in [0.5, 0.6) is 5.75 Å². The van der Waals surface area contributed by atoms with Crippen molar-refractivity contribution >= 4 is 0 Å². The van der Waals surface area contributed by atoms with E-state index in [4.69, 9.17) is 9.47 Å². The fourth-order valence-corrected chi connectivity index (χ4v) is 2.77. The second kappa shape index (κ2) is 6.59. The van der Waals surface area contributed by atoms with Gasteiger partial charge >= 0.3 is 0 Å². The molecule has 1 N–H and O–H groups in total. The second-order valence-electron chi connectivity index (χ2n) is 5.69. The third kappa shape index (κ3) is 3.33. The Kier molecular flexibility index (Phi) is 5.06. The summed E-state index contributed by atoms with van der Waals surface area (Å²) in [6, 6.07) is 6.35. The van der Waals surface area contributed by atoms with Gasteiger partial charge in [-0.05, 0) is 50.3 Å². The van der Waals surface area contributed by atoms with Crippen LogP contribution in [0.1, 0.15) is 44.7 Å². The summed E-state index contributed by atoms with van der Waals surface area (Å²) in [5, 5.41) is 10.4. The quantitative estimate of drug-likeness (QED) is 0.833. The molecule has 1 heterocycles.